The van der Waals surface area contributed by atoms with Crippen molar-refractivity contribution in [2.45, 2.75) is 19.3 Å². The molecule has 4 rings (SSSR count). The predicted octanol–water partition coefficient (Wildman–Crippen LogP) is 6.25. The Morgan fingerprint density at radius 3 is 1.64 bits per heavy atom. The van der Waals surface area contributed by atoms with Gasteiger partial charge in [-0.1, -0.05) is 105 Å². The quantitative estimate of drug-likeness (QED) is 0.500. The Balaban J connectivity index is 1.90. The minimum Gasteiger partial charge on any atom is -0.111 e. The fourth-order valence-corrected chi connectivity index (χ4v) is 3.71. The first-order valence-corrected chi connectivity index (χ1v) is 8.89. The van der Waals surface area contributed by atoms with Gasteiger partial charge in [-0.15, -0.1) is 5.73 Å². The smallest absolute Gasteiger partial charge is 0.0309 e. The summed E-state index contributed by atoms with van der Waals surface area (Å²) in [5.74, 6) is 0.511. The van der Waals surface area contributed by atoms with Crippen LogP contribution in [-0.2, 0) is 5.41 Å². The van der Waals surface area contributed by atoms with E-state index >= 15 is 0 Å². The van der Waals surface area contributed by atoms with Crippen LogP contribution in [0.1, 0.15) is 30.5 Å². The second kappa shape index (κ2) is 6.24. The van der Waals surface area contributed by atoms with Crippen LogP contribution >= 0.6 is 0 Å². The van der Waals surface area contributed by atoms with E-state index in [1.807, 2.05) is 0 Å². The van der Waals surface area contributed by atoms with Gasteiger partial charge < -0.3 is 0 Å². The van der Waals surface area contributed by atoms with E-state index in [0.717, 1.165) is 0 Å². The average Bonchev–Trinajstić information content (AvgIpc) is 3.22. The molecule has 0 amide bonds. The standard InChI is InChI=1S/C25H22/c1-19-24(25(19,2)22-16-10-5-11-17-22)18-23(20-12-6-3-7-13-20)21-14-8-4-9-15-21/h3-17,19H,1-2H3/t19-,25+/m0/s1. The summed E-state index contributed by atoms with van der Waals surface area (Å²) in [6, 6.07) is 32.0. The zero-order chi connectivity index (χ0) is 17.3. The molecule has 1 fully saturated rings. The van der Waals surface area contributed by atoms with Crippen molar-refractivity contribution in [3.8, 4) is 0 Å². The third-order valence-electron chi connectivity index (χ3n) is 5.53. The fraction of sp³-hybridized carbons (Fsp3) is 0.160. The van der Waals surface area contributed by atoms with Gasteiger partial charge in [-0.05, 0) is 28.2 Å². The Morgan fingerprint density at radius 2 is 1.16 bits per heavy atom. The largest absolute Gasteiger partial charge is 0.111 e. The van der Waals surface area contributed by atoms with E-state index in [1.54, 1.807) is 0 Å². The van der Waals surface area contributed by atoms with Crippen LogP contribution in [0.15, 0.2) is 102 Å². The monoisotopic (exact) mass is 322 g/mol. The molecule has 0 aromatic heterocycles. The Labute approximate surface area is 150 Å². The molecule has 1 aliphatic carbocycles. The minimum atomic E-state index is 0.0933. The van der Waals surface area contributed by atoms with Crippen molar-refractivity contribution in [3.63, 3.8) is 0 Å². The van der Waals surface area contributed by atoms with Gasteiger partial charge in [0, 0.05) is 11.0 Å². The molecule has 3 aromatic rings. The summed E-state index contributed by atoms with van der Waals surface area (Å²) in [7, 11) is 0. The van der Waals surface area contributed by atoms with Crippen LogP contribution in [0.3, 0.4) is 0 Å². The molecule has 0 aliphatic heterocycles. The van der Waals surface area contributed by atoms with E-state index in [-0.39, 0.29) is 5.41 Å². The zero-order valence-corrected chi connectivity index (χ0v) is 14.7. The molecule has 1 aliphatic rings. The Hall–Kier alpha value is -2.82. The van der Waals surface area contributed by atoms with Gasteiger partial charge in [0.25, 0.3) is 0 Å². The predicted molar refractivity (Wildman–Crippen MR) is 105 cm³/mol. The lowest BCUT2D eigenvalue weighted by Gasteiger charge is -2.09. The molecule has 0 heteroatoms. The summed E-state index contributed by atoms with van der Waals surface area (Å²) in [4.78, 5) is 0. The van der Waals surface area contributed by atoms with Crippen LogP contribution in [0.5, 0.6) is 0 Å². The Morgan fingerprint density at radius 1 is 0.720 bits per heavy atom. The van der Waals surface area contributed by atoms with E-state index in [4.69, 9.17) is 0 Å². The molecule has 0 nitrogen and oxygen atoms in total. The van der Waals surface area contributed by atoms with Gasteiger partial charge in [0.15, 0.2) is 0 Å². The lowest BCUT2D eigenvalue weighted by Crippen LogP contribution is -2.02. The molecule has 2 atom stereocenters. The molecular formula is C25H22. The Kier molecular flexibility index (Phi) is 3.92. The summed E-state index contributed by atoms with van der Waals surface area (Å²) in [6.45, 7) is 4.64. The van der Waals surface area contributed by atoms with Crippen molar-refractivity contribution in [1.29, 1.82) is 0 Å². The molecule has 3 aromatic carbocycles. The van der Waals surface area contributed by atoms with Crippen molar-refractivity contribution < 1.29 is 0 Å². The van der Waals surface area contributed by atoms with Crippen molar-refractivity contribution in [2.75, 3.05) is 0 Å². The summed E-state index contributed by atoms with van der Waals surface area (Å²) < 4.78 is 0. The molecule has 1 saturated carbocycles. The van der Waals surface area contributed by atoms with E-state index < -0.39 is 0 Å². The Bertz CT molecular complexity index is 888. The van der Waals surface area contributed by atoms with Crippen LogP contribution in [0.2, 0.25) is 0 Å². The molecular weight excluding hydrogens is 300 g/mol. The molecule has 0 heterocycles. The maximum atomic E-state index is 3.80. The lowest BCUT2D eigenvalue weighted by atomic mass is 9.94. The fourth-order valence-electron chi connectivity index (χ4n) is 3.71. The first-order chi connectivity index (χ1) is 12.2. The molecule has 25 heavy (non-hydrogen) atoms. The number of hydrogen-bond donors (Lipinski definition) is 0. The normalized spacial score (nSPS) is 21.5. The van der Waals surface area contributed by atoms with Crippen LogP contribution in [-0.4, -0.2) is 0 Å². The minimum absolute atomic E-state index is 0.0933. The first kappa shape index (κ1) is 15.7. The van der Waals surface area contributed by atoms with Gasteiger partial charge in [-0.3, -0.25) is 0 Å². The first-order valence-electron chi connectivity index (χ1n) is 8.89. The van der Waals surface area contributed by atoms with Gasteiger partial charge in [0.05, 0.1) is 0 Å². The molecule has 0 radical (unpaired) electrons. The number of allylic oxidation sites excluding steroid dienone is 1. The molecule has 0 spiro atoms. The van der Waals surface area contributed by atoms with Crippen molar-refractivity contribution in [3.05, 3.63) is 119 Å². The van der Waals surface area contributed by atoms with Gasteiger partial charge >= 0.3 is 0 Å². The van der Waals surface area contributed by atoms with E-state index in [2.05, 4.69) is 111 Å². The maximum Gasteiger partial charge on any atom is 0.0309 e. The molecule has 0 bridgehead atoms. The van der Waals surface area contributed by atoms with Gasteiger partial charge in [-0.2, -0.15) is 0 Å². The highest BCUT2D eigenvalue weighted by Gasteiger charge is 2.54. The van der Waals surface area contributed by atoms with Crippen LogP contribution in [0.4, 0.5) is 0 Å². The summed E-state index contributed by atoms with van der Waals surface area (Å²) in [5.41, 5.74) is 10.3. The van der Waals surface area contributed by atoms with Crippen molar-refractivity contribution in [2.24, 2.45) is 5.92 Å². The molecule has 0 saturated heterocycles. The SMILES string of the molecule is C[C@H]1C(=C=C(c2ccccc2)c2ccccc2)[C@@]1(C)c1ccccc1. The molecule has 0 N–H and O–H groups in total. The topological polar surface area (TPSA) is 0 Å². The number of benzene rings is 3. The molecule has 122 valence electrons. The van der Waals surface area contributed by atoms with Crippen LogP contribution in [0, 0.1) is 5.92 Å². The second-order valence-electron chi connectivity index (χ2n) is 6.94. The second-order valence-corrected chi connectivity index (χ2v) is 6.94. The highest BCUT2D eigenvalue weighted by atomic mass is 14.6. The summed E-state index contributed by atoms with van der Waals surface area (Å²) >= 11 is 0. The van der Waals surface area contributed by atoms with Crippen LogP contribution in [0.25, 0.3) is 5.57 Å². The summed E-state index contributed by atoms with van der Waals surface area (Å²) in [6.07, 6.45) is 0. The number of hydrogen-bond acceptors (Lipinski definition) is 0. The van der Waals surface area contributed by atoms with Crippen molar-refractivity contribution in [1.82, 2.24) is 0 Å². The number of rotatable bonds is 3. The van der Waals surface area contributed by atoms with Crippen molar-refractivity contribution >= 4 is 5.57 Å². The van der Waals surface area contributed by atoms with Gasteiger partial charge in [0.2, 0.25) is 0 Å². The third kappa shape index (κ3) is 2.76. The highest BCUT2D eigenvalue weighted by molar-refractivity contribution is 5.80. The van der Waals surface area contributed by atoms with E-state index in [0.29, 0.717) is 5.92 Å². The zero-order valence-electron chi connectivity index (χ0n) is 14.7. The van der Waals surface area contributed by atoms with E-state index in [1.165, 1.54) is 27.8 Å². The summed E-state index contributed by atoms with van der Waals surface area (Å²) in [5, 5.41) is 0. The third-order valence-corrected chi connectivity index (χ3v) is 5.53. The van der Waals surface area contributed by atoms with Gasteiger partial charge in [-0.25, -0.2) is 0 Å². The lowest BCUT2D eigenvalue weighted by molar-refractivity contribution is 0.707. The average molecular weight is 322 g/mol. The highest BCUT2D eigenvalue weighted by Crippen LogP contribution is 2.58. The molecule has 0 unspecified atom stereocenters. The van der Waals surface area contributed by atoms with Crippen LogP contribution < -0.4 is 0 Å². The van der Waals surface area contributed by atoms with Gasteiger partial charge in [0.1, 0.15) is 0 Å². The maximum absolute atomic E-state index is 3.80. The van der Waals surface area contributed by atoms with E-state index in [9.17, 15) is 0 Å².